The molecule has 1 fully saturated rings. The van der Waals surface area contributed by atoms with Crippen LogP contribution in [-0.2, 0) is 0 Å². The Morgan fingerprint density at radius 2 is 2.29 bits per heavy atom. The maximum absolute atomic E-state index is 9.10. The largest absolute Gasteiger partial charge is 0.395 e. The van der Waals surface area contributed by atoms with Gasteiger partial charge in [-0.2, -0.15) is 0 Å². The molecule has 0 bridgehead atoms. The summed E-state index contributed by atoms with van der Waals surface area (Å²) in [6.07, 6.45) is 3.42. The zero-order valence-corrected chi connectivity index (χ0v) is 9.66. The second-order valence-corrected chi connectivity index (χ2v) is 4.51. The third-order valence-corrected chi connectivity index (χ3v) is 3.39. The van der Waals surface area contributed by atoms with E-state index in [4.69, 9.17) is 5.11 Å². The van der Waals surface area contributed by atoms with Gasteiger partial charge in [0.1, 0.15) is 0 Å². The summed E-state index contributed by atoms with van der Waals surface area (Å²) in [5, 5.41) is 12.6. The van der Waals surface area contributed by atoms with Crippen molar-refractivity contribution in [2.45, 2.75) is 51.2 Å². The minimum Gasteiger partial charge on any atom is -0.395 e. The topological polar surface area (TPSA) is 35.5 Å². The first-order valence-corrected chi connectivity index (χ1v) is 5.74. The molecule has 1 aliphatic heterocycles. The molecule has 3 heteroatoms. The predicted octanol–water partition coefficient (Wildman–Crippen LogP) is 0.830. The zero-order valence-electron chi connectivity index (χ0n) is 9.66. The lowest BCUT2D eigenvalue weighted by Gasteiger charge is -2.36. The Morgan fingerprint density at radius 3 is 2.79 bits per heavy atom. The molecule has 0 spiro atoms. The van der Waals surface area contributed by atoms with Gasteiger partial charge in [-0.15, -0.1) is 0 Å². The lowest BCUT2D eigenvalue weighted by Crippen LogP contribution is -2.49. The van der Waals surface area contributed by atoms with Crippen molar-refractivity contribution in [3.05, 3.63) is 0 Å². The summed E-state index contributed by atoms with van der Waals surface area (Å²) >= 11 is 0. The van der Waals surface area contributed by atoms with Crippen molar-refractivity contribution in [3.8, 4) is 0 Å². The normalized spacial score (nSPS) is 31.7. The molecule has 1 saturated heterocycles. The SMILES string of the molecule is CC[C@H](CO)NC1CCN(C)C(C)C1. The first-order valence-electron chi connectivity index (χ1n) is 5.74. The number of nitrogens with one attached hydrogen (secondary N) is 1. The van der Waals surface area contributed by atoms with E-state index in [0.29, 0.717) is 12.1 Å². The predicted molar refractivity (Wildman–Crippen MR) is 59.4 cm³/mol. The molecule has 84 valence electrons. The molecular weight excluding hydrogens is 176 g/mol. The van der Waals surface area contributed by atoms with Gasteiger partial charge in [-0.1, -0.05) is 6.92 Å². The van der Waals surface area contributed by atoms with Crippen LogP contribution in [0.15, 0.2) is 0 Å². The molecule has 0 aromatic rings. The van der Waals surface area contributed by atoms with Crippen molar-refractivity contribution < 1.29 is 5.11 Å². The minimum atomic E-state index is 0.261. The van der Waals surface area contributed by atoms with E-state index in [1.807, 2.05) is 0 Å². The number of rotatable bonds is 4. The molecule has 0 saturated carbocycles. The maximum Gasteiger partial charge on any atom is 0.0584 e. The first-order chi connectivity index (χ1) is 6.67. The number of likely N-dealkylation sites (tertiary alicyclic amines) is 1. The molecule has 3 nitrogen and oxygen atoms in total. The Bertz CT molecular complexity index is 159. The fraction of sp³-hybridized carbons (Fsp3) is 1.00. The molecule has 1 rings (SSSR count). The van der Waals surface area contributed by atoms with Crippen molar-refractivity contribution in [1.82, 2.24) is 10.2 Å². The average molecular weight is 200 g/mol. The van der Waals surface area contributed by atoms with Crippen molar-refractivity contribution in [3.63, 3.8) is 0 Å². The maximum atomic E-state index is 9.10. The third kappa shape index (κ3) is 3.23. The molecule has 0 aliphatic carbocycles. The number of hydrogen-bond donors (Lipinski definition) is 2. The quantitative estimate of drug-likeness (QED) is 0.705. The van der Waals surface area contributed by atoms with Gasteiger partial charge < -0.3 is 15.3 Å². The Balaban J connectivity index is 2.32. The molecule has 0 amide bonds. The van der Waals surface area contributed by atoms with Crippen LogP contribution in [-0.4, -0.2) is 48.3 Å². The summed E-state index contributed by atoms with van der Waals surface area (Å²) in [6, 6.07) is 1.55. The van der Waals surface area contributed by atoms with Gasteiger partial charge in [-0.3, -0.25) is 0 Å². The monoisotopic (exact) mass is 200 g/mol. The molecule has 0 radical (unpaired) electrons. The Kier molecular flexibility index (Phi) is 4.85. The first kappa shape index (κ1) is 12.0. The second-order valence-electron chi connectivity index (χ2n) is 4.51. The third-order valence-electron chi connectivity index (χ3n) is 3.39. The smallest absolute Gasteiger partial charge is 0.0584 e. The van der Waals surface area contributed by atoms with E-state index in [1.54, 1.807) is 0 Å². The van der Waals surface area contributed by atoms with Crippen molar-refractivity contribution in [2.75, 3.05) is 20.2 Å². The van der Waals surface area contributed by atoms with E-state index in [1.165, 1.54) is 19.4 Å². The highest BCUT2D eigenvalue weighted by molar-refractivity contribution is 4.83. The number of hydrogen-bond acceptors (Lipinski definition) is 3. The van der Waals surface area contributed by atoms with Crippen LogP contribution >= 0.6 is 0 Å². The van der Waals surface area contributed by atoms with E-state index in [0.717, 1.165) is 6.42 Å². The molecule has 0 aromatic heterocycles. The van der Waals surface area contributed by atoms with Crippen LogP contribution < -0.4 is 5.32 Å². The van der Waals surface area contributed by atoms with E-state index >= 15 is 0 Å². The summed E-state index contributed by atoms with van der Waals surface area (Å²) in [5.74, 6) is 0. The highest BCUT2D eigenvalue weighted by atomic mass is 16.3. The lowest BCUT2D eigenvalue weighted by atomic mass is 9.98. The Labute approximate surface area is 87.5 Å². The summed E-state index contributed by atoms with van der Waals surface area (Å²) < 4.78 is 0. The van der Waals surface area contributed by atoms with Gasteiger partial charge in [0.25, 0.3) is 0 Å². The van der Waals surface area contributed by atoms with E-state index in [9.17, 15) is 0 Å². The number of aliphatic hydroxyl groups is 1. The molecule has 1 heterocycles. The minimum absolute atomic E-state index is 0.261. The summed E-state index contributed by atoms with van der Waals surface area (Å²) in [6.45, 7) is 5.82. The van der Waals surface area contributed by atoms with Crippen molar-refractivity contribution in [2.24, 2.45) is 0 Å². The van der Waals surface area contributed by atoms with E-state index in [2.05, 4.69) is 31.1 Å². The molecule has 0 aromatic carbocycles. The van der Waals surface area contributed by atoms with E-state index in [-0.39, 0.29) is 12.6 Å². The Morgan fingerprint density at radius 1 is 1.57 bits per heavy atom. The van der Waals surface area contributed by atoms with Gasteiger partial charge >= 0.3 is 0 Å². The van der Waals surface area contributed by atoms with Gasteiger partial charge in [0.05, 0.1) is 6.61 Å². The lowest BCUT2D eigenvalue weighted by molar-refractivity contribution is 0.148. The van der Waals surface area contributed by atoms with Crippen LogP contribution in [0.3, 0.4) is 0 Å². The summed E-state index contributed by atoms with van der Waals surface area (Å²) in [7, 11) is 2.18. The molecule has 14 heavy (non-hydrogen) atoms. The summed E-state index contributed by atoms with van der Waals surface area (Å²) in [4.78, 5) is 2.40. The van der Waals surface area contributed by atoms with Crippen LogP contribution in [0, 0.1) is 0 Å². The number of aliphatic hydroxyl groups excluding tert-OH is 1. The van der Waals surface area contributed by atoms with Gasteiger partial charge in [-0.25, -0.2) is 0 Å². The molecular formula is C11H24N2O. The van der Waals surface area contributed by atoms with Gasteiger partial charge in [-0.05, 0) is 39.8 Å². The van der Waals surface area contributed by atoms with Crippen LogP contribution in [0.4, 0.5) is 0 Å². The standard InChI is InChI=1S/C11H24N2O/c1-4-10(8-14)12-11-5-6-13(3)9(2)7-11/h9-12,14H,4-8H2,1-3H3/t9?,10-,11?/m1/s1. The fourth-order valence-corrected chi connectivity index (χ4v) is 2.07. The van der Waals surface area contributed by atoms with Crippen molar-refractivity contribution in [1.29, 1.82) is 0 Å². The fourth-order valence-electron chi connectivity index (χ4n) is 2.07. The zero-order chi connectivity index (χ0) is 10.6. The number of piperidine rings is 1. The Hall–Kier alpha value is -0.120. The molecule has 3 atom stereocenters. The average Bonchev–Trinajstić information content (AvgIpc) is 2.19. The van der Waals surface area contributed by atoms with Crippen LogP contribution in [0.25, 0.3) is 0 Å². The number of nitrogens with zero attached hydrogens (tertiary/aromatic N) is 1. The highest BCUT2D eigenvalue weighted by Crippen LogP contribution is 2.15. The van der Waals surface area contributed by atoms with Crippen LogP contribution in [0.1, 0.15) is 33.1 Å². The van der Waals surface area contributed by atoms with Gasteiger partial charge in [0.15, 0.2) is 0 Å². The second kappa shape index (κ2) is 5.69. The van der Waals surface area contributed by atoms with Crippen molar-refractivity contribution >= 4 is 0 Å². The molecule has 1 aliphatic rings. The molecule has 2 unspecified atom stereocenters. The van der Waals surface area contributed by atoms with Gasteiger partial charge in [0.2, 0.25) is 0 Å². The van der Waals surface area contributed by atoms with Gasteiger partial charge in [0, 0.05) is 18.1 Å². The highest BCUT2D eigenvalue weighted by Gasteiger charge is 2.23. The summed E-state index contributed by atoms with van der Waals surface area (Å²) in [5.41, 5.74) is 0. The van der Waals surface area contributed by atoms with E-state index < -0.39 is 0 Å². The van der Waals surface area contributed by atoms with Crippen LogP contribution in [0.2, 0.25) is 0 Å². The molecule has 2 N–H and O–H groups in total. The van der Waals surface area contributed by atoms with Crippen LogP contribution in [0.5, 0.6) is 0 Å².